The van der Waals surface area contributed by atoms with Crippen molar-refractivity contribution in [2.75, 3.05) is 31.1 Å². The lowest BCUT2D eigenvalue weighted by atomic mass is 9.96. The van der Waals surface area contributed by atoms with Crippen LogP contribution in [0.3, 0.4) is 0 Å². The largest absolute Gasteiger partial charge is 0.366 e. The molecule has 0 radical (unpaired) electrons. The van der Waals surface area contributed by atoms with E-state index in [2.05, 4.69) is 25.9 Å². The van der Waals surface area contributed by atoms with E-state index < -0.39 is 5.91 Å². The van der Waals surface area contributed by atoms with Gasteiger partial charge in [0.25, 0.3) is 0 Å². The Bertz CT molecular complexity index is 1250. The molecule has 34 heavy (non-hydrogen) atoms. The zero-order chi connectivity index (χ0) is 23.3. The molecule has 8 heteroatoms. The van der Waals surface area contributed by atoms with Gasteiger partial charge in [0.05, 0.1) is 17.5 Å². The number of nitrogens with one attached hydrogen (secondary N) is 1. The summed E-state index contributed by atoms with van der Waals surface area (Å²) in [5.41, 5.74) is 10.7. The predicted molar refractivity (Wildman–Crippen MR) is 137 cm³/mol. The first-order chi connectivity index (χ1) is 16.7. The molecule has 0 unspecified atom stereocenters. The third-order valence-corrected chi connectivity index (χ3v) is 7.11. The first-order valence-electron chi connectivity index (χ1n) is 11.6. The van der Waals surface area contributed by atoms with Crippen LogP contribution in [-0.4, -0.2) is 61.7 Å². The average Bonchev–Trinajstić information content (AvgIpc) is 3.55. The molecule has 0 aliphatic carbocycles. The van der Waals surface area contributed by atoms with Gasteiger partial charge in [-0.3, -0.25) is 14.5 Å². The first kappa shape index (κ1) is 22.4. The van der Waals surface area contributed by atoms with Crippen LogP contribution in [0.2, 0.25) is 0 Å². The number of aromatic nitrogens is 4. The Labute approximate surface area is 203 Å². The fourth-order valence-electron chi connectivity index (χ4n) is 4.46. The minimum atomic E-state index is -0.479. The molecule has 0 spiro atoms. The maximum absolute atomic E-state index is 12.5. The summed E-state index contributed by atoms with van der Waals surface area (Å²) in [6, 6.07) is 15.7. The number of carbonyl (C=O) groups excluding carboxylic acids is 1. The molecular formula is C26H28N6OS. The second-order valence-corrected chi connectivity index (χ2v) is 9.62. The average molecular weight is 473 g/mol. The number of rotatable bonds is 8. The van der Waals surface area contributed by atoms with Gasteiger partial charge in [-0.05, 0) is 43.1 Å². The molecule has 7 nitrogen and oxygen atoms in total. The lowest BCUT2D eigenvalue weighted by Crippen LogP contribution is -2.33. The van der Waals surface area contributed by atoms with Crippen molar-refractivity contribution >= 4 is 17.7 Å². The number of hydrogen-bond donors (Lipinski definition) is 2. The van der Waals surface area contributed by atoms with Crippen molar-refractivity contribution in [2.45, 2.75) is 12.8 Å². The van der Waals surface area contributed by atoms with Gasteiger partial charge in [-0.1, -0.05) is 30.3 Å². The Hall–Kier alpha value is -3.36. The molecule has 1 aliphatic rings. The molecule has 5 rings (SSSR count). The second kappa shape index (κ2) is 10.3. The van der Waals surface area contributed by atoms with E-state index in [0.29, 0.717) is 11.4 Å². The quantitative estimate of drug-likeness (QED) is 0.404. The van der Waals surface area contributed by atoms with E-state index in [9.17, 15) is 4.79 Å². The number of amides is 1. The van der Waals surface area contributed by atoms with Crippen LogP contribution in [0.1, 0.15) is 22.5 Å². The number of hydrogen-bond acceptors (Lipinski definition) is 5. The van der Waals surface area contributed by atoms with E-state index in [1.165, 1.54) is 11.5 Å². The van der Waals surface area contributed by atoms with Crippen LogP contribution in [0.15, 0.2) is 67.1 Å². The number of carbonyl (C=O) groups is 1. The van der Waals surface area contributed by atoms with Crippen molar-refractivity contribution in [1.82, 2.24) is 24.6 Å². The van der Waals surface area contributed by atoms with Gasteiger partial charge in [-0.25, -0.2) is 4.98 Å². The third-order valence-electron chi connectivity index (χ3n) is 6.16. The number of nitrogens with zero attached hydrogens (tertiary/aromatic N) is 4. The van der Waals surface area contributed by atoms with Gasteiger partial charge in [0.2, 0.25) is 5.91 Å². The van der Waals surface area contributed by atoms with Crippen LogP contribution in [0, 0.1) is 0 Å². The van der Waals surface area contributed by atoms with E-state index in [-0.39, 0.29) is 0 Å². The maximum atomic E-state index is 12.5. The number of thioether (sulfide) groups is 1. The Morgan fingerprint density at radius 2 is 1.91 bits per heavy atom. The third kappa shape index (κ3) is 4.78. The summed E-state index contributed by atoms with van der Waals surface area (Å²) in [6.45, 7) is 3.40. The monoisotopic (exact) mass is 472 g/mol. The smallest absolute Gasteiger partial charge is 0.249 e. The number of imidazole rings is 1. The molecule has 0 saturated carbocycles. The van der Waals surface area contributed by atoms with Gasteiger partial charge in [0.15, 0.2) is 0 Å². The summed E-state index contributed by atoms with van der Waals surface area (Å²) in [7, 11) is 0. The zero-order valence-corrected chi connectivity index (χ0v) is 19.8. The number of H-pyrrole nitrogens is 1. The molecule has 1 saturated heterocycles. The SMILES string of the molecule is NC(=O)c1cccc(-c2cn[nH]c2)c1-c1nc(CCCN2CCSCC2)cn1-c1ccccc1. The van der Waals surface area contributed by atoms with Crippen LogP contribution in [0.4, 0.5) is 0 Å². The minimum absolute atomic E-state index is 0.443. The highest BCUT2D eigenvalue weighted by Crippen LogP contribution is 2.35. The van der Waals surface area contributed by atoms with Gasteiger partial charge in [-0.15, -0.1) is 0 Å². The summed E-state index contributed by atoms with van der Waals surface area (Å²) in [5, 5.41) is 6.97. The van der Waals surface area contributed by atoms with Gasteiger partial charge >= 0.3 is 0 Å². The van der Waals surface area contributed by atoms with E-state index in [1.54, 1.807) is 12.3 Å². The van der Waals surface area contributed by atoms with E-state index >= 15 is 0 Å². The summed E-state index contributed by atoms with van der Waals surface area (Å²) >= 11 is 2.03. The second-order valence-electron chi connectivity index (χ2n) is 8.40. The Morgan fingerprint density at radius 3 is 2.65 bits per heavy atom. The summed E-state index contributed by atoms with van der Waals surface area (Å²) < 4.78 is 2.07. The van der Waals surface area contributed by atoms with Gasteiger partial charge < -0.3 is 10.6 Å². The standard InChI is InChI=1S/C26H28N6OS/c27-25(33)23-10-4-9-22(19-16-28-29-17-19)24(23)26-30-20(6-5-11-31-12-14-34-15-13-31)18-32(26)21-7-2-1-3-8-21/h1-4,7-10,16-18H,5-6,11-15H2,(H2,27,33)(H,28,29). The van der Waals surface area contributed by atoms with Crippen LogP contribution in [0.25, 0.3) is 28.2 Å². The fraction of sp³-hybridized carbons (Fsp3) is 0.269. The molecule has 2 aromatic heterocycles. The Balaban J connectivity index is 1.56. The van der Waals surface area contributed by atoms with Gasteiger partial charge in [0.1, 0.15) is 5.82 Å². The molecule has 3 N–H and O–H groups in total. The molecule has 0 atom stereocenters. The molecule has 1 aliphatic heterocycles. The molecule has 1 amide bonds. The van der Waals surface area contributed by atoms with Crippen molar-refractivity contribution in [3.63, 3.8) is 0 Å². The molecule has 0 bridgehead atoms. The summed E-state index contributed by atoms with van der Waals surface area (Å²) in [6.07, 6.45) is 7.57. The van der Waals surface area contributed by atoms with Crippen molar-refractivity contribution in [2.24, 2.45) is 5.73 Å². The lowest BCUT2D eigenvalue weighted by Gasteiger charge is -2.25. The normalized spacial score (nSPS) is 14.4. The van der Waals surface area contributed by atoms with Gasteiger partial charge in [0, 0.05) is 53.8 Å². The number of aromatic amines is 1. The van der Waals surface area contributed by atoms with Crippen molar-refractivity contribution in [3.8, 4) is 28.2 Å². The molecular weight excluding hydrogens is 444 g/mol. The number of primary amides is 1. The summed E-state index contributed by atoms with van der Waals surface area (Å²) in [4.78, 5) is 20.1. The Kier molecular flexibility index (Phi) is 6.78. The van der Waals surface area contributed by atoms with Gasteiger partial charge in [-0.2, -0.15) is 16.9 Å². The van der Waals surface area contributed by atoms with E-state index in [0.717, 1.165) is 60.5 Å². The van der Waals surface area contributed by atoms with Crippen molar-refractivity contribution in [3.05, 3.63) is 78.4 Å². The number of benzene rings is 2. The first-order valence-corrected chi connectivity index (χ1v) is 12.7. The zero-order valence-electron chi connectivity index (χ0n) is 19.0. The minimum Gasteiger partial charge on any atom is -0.366 e. The molecule has 4 aromatic rings. The highest BCUT2D eigenvalue weighted by atomic mass is 32.2. The summed E-state index contributed by atoms with van der Waals surface area (Å²) in [5.74, 6) is 2.66. The van der Waals surface area contributed by atoms with Crippen LogP contribution >= 0.6 is 11.8 Å². The van der Waals surface area contributed by atoms with Crippen molar-refractivity contribution in [1.29, 1.82) is 0 Å². The van der Waals surface area contributed by atoms with Crippen LogP contribution < -0.4 is 5.73 Å². The van der Waals surface area contributed by atoms with E-state index in [4.69, 9.17) is 10.7 Å². The number of nitrogens with two attached hydrogens (primary N) is 1. The van der Waals surface area contributed by atoms with Crippen molar-refractivity contribution < 1.29 is 4.79 Å². The number of para-hydroxylation sites is 1. The highest BCUT2D eigenvalue weighted by molar-refractivity contribution is 7.99. The maximum Gasteiger partial charge on any atom is 0.249 e. The lowest BCUT2D eigenvalue weighted by molar-refractivity contribution is 0.100. The van der Waals surface area contributed by atoms with Crippen LogP contribution in [-0.2, 0) is 6.42 Å². The molecule has 2 aromatic carbocycles. The molecule has 174 valence electrons. The number of aryl methyl sites for hydroxylation is 1. The van der Waals surface area contributed by atoms with E-state index in [1.807, 2.05) is 60.4 Å². The predicted octanol–water partition coefficient (Wildman–Crippen LogP) is 4.01. The topological polar surface area (TPSA) is 92.8 Å². The van der Waals surface area contributed by atoms with Crippen LogP contribution in [0.5, 0.6) is 0 Å². The molecule has 1 fully saturated rings. The molecule has 3 heterocycles. The fourth-order valence-corrected chi connectivity index (χ4v) is 5.44. The highest BCUT2D eigenvalue weighted by Gasteiger charge is 2.22. The Morgan fingerprint density at radius 1 is 1.09 bits per heavy atom.